The summed E-state index contributed by atoms with van der Waals surface area (Å²) < 4.78 is 7.97. The van der Waals surface area contributed by atoms with E-state index >= 15 is 0 Å². The van der Waals surface area contributed by atoms with E-state index in [-0.39, 0.29) is 0 Å². The smallest absolute Gasteiger partial charge is 0.205 e. The van der Waals surface area contributed by atoms with E-state index in [0.29, 0.717) is 27.3 Å². The van der Waals surface area contributed by atoms with Crippen LogP contribution in [0.1, 0.15) is 0 Å². The predicted octanol–water partition coefficient (Wildman–Crippen LogP) is 4.69. The molecule has 3 aromatic rings. The Kier molecular flexibility index (Phi) is 3.73. The van der Waals surface area contributed by atoms with Crippen LogP contribution in [-0.2, 0) is 0 Å². The number of nitrogens with zero attached hydrogens (tertiary/aromatic N) is 2. The average molecular weight is 387 g/mol. The largest absolute Gasteiger partial charge is 0.495 e. The van der Waals surface area contributed by atoms with Crippen LogP contribution in [0.3, 0.4) is 0 Å². The van der Waals surface area contributed by atoms with Crippen molar-refractivity contribution in [2.24, 2.45) is 0 Å². The quantitative estimate of drug-likeness (QED) is 0.695. The first-order chi connectivity index (χ1) is 10.0. The van der Waals surface area contributed by atoms with Crippen LogP contribution in [0, 0.1) is 0 Å². The molecule has 0 saturated heterocycles. The van der Waals surface area contributed by atoms with Gasteiger partial charge in [-0.25, -0.2) is 4.98 Å². The molecular formula is C14H10BrCl2N3O. The molecule has 0 aliphatic heterocycles. The number of hydrogen-bond donors (Lipinski definition) is 1. The zero-order valence-corrected chi connectivity index (χ0v) is 14.0. The Morgan fingerprint density at radius 3 is 2.62 bits per heavy atom. The molecule has 3 rings (SSSR count). The monoisotopic (exact) mass is 385 g/mol. The van der Waals surface area contributed by atoms with Crippen molar-refractivity contribution < 1.29 is 4.74 Å². The molecule has 0 amide bonds. The first-order valence-electron chi connectivity index (χ1n) is 5.98. The Morgan fingerprint density at radius 1 is 1.19 bits per heavy atom. The third-order valence-corrected chi connectivity index (χ3v) is 4.49. The molecule has 0 aliphatic rings. The number of imidazole rings is 1. The lowest BCUT2D eigenvalue weighted by atomic mass is 10.2. The van der Waals surface area contributed by atoms with Gasteiger partial charge in [0.15, 0.2) is 0 Å². The molecule has 7 heteroatoms. The van der Waals surface area contributed by atoms with Crippen LogP contribution in [0.4, 0.5) is 5.95 Å². The van der Waals surface area contributed by atoms with Crippen molar-refractivity contribution in [1.82, 2.24) is 9.55 Å². The first kappa shape index (κ1) is 14.5. The van der Waals surface area contributed by atoms with Gasteiger partial charge in [-0.3, -0.25) is 4.57 Å². The number of methoxy groups -OCH3 is 1. The maximum atomic E-state index is 6.09. The number of rotatable bonds is 2. The fraction of sp³-hybridized carbons (Fsp3) is 0.0714. The standard InChI is InChI=1S/C14H10BrCl2N3O/c1-21-13-4-7(2-3-8(13)15)20-12-6-10(17)9(16)5-11(12)19-14(20)18/h2-6H,1H3,(H2,18,19). The molecule has 0 unspecified atom stereocenters. The van der Waals surface area contributed by atoms with Gasteiger partial charge in [-0.1, -0.05) is 23.2 Å². The molecular weight excluding hydrogens is 377 g/mol. The van der Waals surface area contributed by atoms with Crippen molar-refractivity contribution in [2.75, 3.05) is 12.8 Å². The van der Waals surface area contributed by atoms with Crippen molar-refractivity contribution in [3.63, 3.8) is 0 Å². The topological polar surface area (TPSA) is 53.1 Å². The minimum atomic E-state index is 0.354. The van der Waals surface area contributed by atoms with E-state index < -0.39 is 0 Å². The highest BCUT2D eigenvalue weighted by molar-refractivity contribution is 9.10. The van der Waals surface area contributed by atoms with E-state index in [1.807, 2.05) is 18.2 Å². The fourth-order valence-electron chi connectivity index (χ4n) is 2.15. The molecule has 2 N–H and O–H groups in total. The minimum absolute atomic E-state index is 0.354. The second kappa shape index (κ2) is 5.40. The summed E-state index contributed by atoms with van der Waals surface area (Å²) in [7, 11) is 1.61. The zero-order chi connectivity index (χ0) is 15.1. The van der Waals surface area contributed by atoms with Crippen LogP contribution in [0.5, 0.6) is 5.75 Å². The summed E-state index contributed by atoms with van der Waals surface area (Å²) in [6, 6.07) is 9.10. The summed E-state index contributed by atoms with van der Waals surface area (Å²) in [6.07, 6.45) is 0. The van der Waals surface area contributed by atoms with Crippen molar-refractivity contribution in [1.29, 1.82) is 0 Å². The number of nitrogen functional groups attached to an aromatic ring is 1. The number of anilines is 1. The highest BCUT2D eigenvalue weighted by Crippen LogP contribution is 2.33. The Hall–Kier alpha value is -1.43. The number of aromatic nitrogens is 2. The summed E-state index contributed by atoms with van der Waals surface area (Å²) >= 11 is 15.5. The van der Waals surface area contributed by atoms with Crippen molar-refractivity contribution in [2.45, 2.75) is 0 Å². The number of benzene rings is 2. The van der Waals surface area contributed by atoms with E-state index in [2.05, 4.69) is 20.9 Å². The molecule has 0 radical (unpaired) electrons. The van der Waals surface area contributed by atoms with E-state index in [1.54, 1.807) is 23.8 Å². The molecule has 1 heterocycles. The maximum Gasteiger partial charge on any atom is 0.205 e. The first-order valence-corrected chi connectivity index (χ1v) is 7.53. The van der Waals surface area contributed by atoms with Gasteiger partial charge >= 0.3 is 0 Å². The molecule has 0 bridgehead atoms. The fourth-order valence-corrected chi connectivity index (χ4v) is 2.87. The second-order valence-corrected chi connectivity index (χ2v) is 6.05. The van der Waals surface area contributed by atoms with Crippen molar-refractivity contribution in [3.8, 4) is 11.4 Å². The number of halogens is 3. The van der Waals surface area contributed by atoms with Gasteiger partial charge in [0.1, 0.15) is 5.75 Å². The van der Waals surface area contributed by atoms with Gasteiger partial charge in [-0.2, -0.15) is 0 Å². The van der Waals surface area contributed by atoms with E-state index in [0.717, 1.165) is 15.7 Å². The summed E-state index contributed by atoms with van der Waals surface area (Å²) in [5, 5.41) is 0.900. The number of fused-ring (bicyclic) bond motifs is 1. The highest BCUT2D eigenvalue weighted by Gasteiger charge is 2.14. The van der Waals surface area contributed by atoms with E-state index in [4.69, 9.17) is 33.7 Å². The number of ether oxygens (including phenoxy) is 1. The lowest BCUT2D eigenvalue weighted by Gasteiger charge is -2.10. The Balaban J connectivity index is 2.29. The summed E-state index contributed by atoms with van der Waals surface area (Å²) in [6.45, 7) is 0. The van der Waals surface area contributed by atoms with E-state index in [1.165, 1.54) is 0 Å². The third-order valence-electron chi connectivity index (χ3n) is 3.12. The summed E-state index contributed by atoms with van der Waals surface area (Å²) in [4.78, 5) is 4.31. The van der Waals surface area contributed by atoms with Crippen LogP contribution in [0.25, 0.3) is 16.7 Å². The summed E-state index contributed by atoms with van der Waals surface area (Å²) in [5.74, 6) is 1.06. The SMILES string of the molecule is COc1cc(-n2c(N)nc3cc(Cl)c(Cl)cc32)ccc1Br. The van der Waals surface area contributed by atoms with Crippen LogP contribution < -0.4 is 10.5 Å². The normalized spacial score (nSPS) is 11.0. The lowest BCUT2D eigenvalue weighted by molar-refractivity contribution is 0.412. The molecule has 0 spiro atoms. The van der Waals surface area contributed by atoms with Gasteiger partial charge in [0, 0.05) is 6.07 Å². The van der Waals surface area contributed by atoms with Crippen molar-refractivity contribution in [3.05, 3.63) is 44.8 Å². The lowest BCUT2D eigenvalue weighted by Crippen LogP contribution is -2.01. The van der Waals surface area contributed by atoms with Gasteiger partial charge < -0.3 is 10.5 Å². The Bertz CT molecular complexity index is 848. The molecule has 0 aliphatic carbocycles. The molecule has 21 heavy (non-hydrogen) atoms. The molecule has 108 valence electrons. The minimum Gasteiger partial charge on any atom is -0.495 e. The van der Waals surface area contributed by atoms with Gasteiger partial charge in [-0.05, 0) is 40.2 Å². The average Bonchev–Trinajstić information content (AvgIpc) is 2.75. The molecule has 0 fully saturated rings. The van der Waals surface area contributed by atoms with Gasteiger partial charge in [0.25, 0.3) is 0 Å². The third kappa shape index (κ3) is 2.46. The van der Waals surface area contributed by atoms with E-state index in [9.17, 15) is 0 Å². The second-order valence-electron chi connectivity index (χ2n) is 4.38. The Morgan fingerprint density at radius 2 is 1.90 bits per heavy atom. The molecule has 0 saturated carbocycles. The maximum absolute atomic E-state index is 6.09. The van der Waals surface area contributed by atoms with Gasteiger partial charge in [0.05, 0.1) is 38.3 Å². The zero-order valence-electron chi connectivity index (χ0n) is 10.9. The van der Waals surface area contributed by atoms with Gasteiger partial charge in [0.2, 0.25) is 5.95 Å². The van der Waals surface area contributed by atoms with Crippen LogP contribution in [0.2, 0.25) is 10.0 Å². The molecule has 4 nitrogen and oxygen atoms in total. The highest BCUT2D eigenvalue weighted by atomic mass is 79.9. The number of hydrogen-bond acceptors (Lipinski definition) is 3. The molecule has 0 atom stereocenters. The Labute approximate surface area is 139 Å². The predicted molar refractivity (Wildman–Crippen MR) is 89.8 cm³/mol. The molecule has 1 aromatic heterocycles. The van der Waals surface area contributed by atoms with Crippen LogP contribution in [0.15, 0.2) is 34.8 Å². The van der Waals surface area contributed by atoms with Crippen LogP contribution in [-0.4, -0.2) is 16.7 Å². The van der Waals surface area contributed by atoms with Gasteiger partial charge in [-0.15, -0.1) is 0 Å². The van der Waals surface area contributed by atoms with Crippen LogP contribution >= 0.6 is 39.1 Å². The number of nitrogens with two attached hydrogens (primary N) is 1. The van der Waals surface area contributed by atoms with Crippen molar-refractivity contribution >= 4 is 56.1 Å². The molecule has 2 aromatic carbocycles. The summed E-state index contributed by atoms with van der Waals surface area (Å²) in [5.41, 5.74) is 8.32.